The van der Waals surface area contributed by atoms with Gasteiger partial charge in [-0.3, -0.25) is 0 Å². The minimum atomic E-state index is -1.93. The normalized spacial score (nSPS) is 14.7. The van der Waals surface area contributed by atoms with Crippen LogP contribution in [0.5, 0.6) is 0 Å². The summed E-state index contributed by atoms with van der Waals surface area (Å²) in [5, 5.41) is 0. The van der Waals surface area contributed by atoms with E-state index in [1.165, 1.54) is 57.8 Å². The van der Waals surface area contributed by atoms with Crippen LogP contribution in [-0.2, 0) is 8.85 Å². The minimum Gasteiger partial charge on any atom is -0.398 e. The first-order valence-corrected chi connectivity index (χ1v) is 10.1. The molecule has 0 rings (SSSR count). The molecule has 0 bridgehead atoms. The maximum atomic E-state index is 5.55. The summed E-state index contributed by atoms with van der Waals surface area (Å²) in [5.41, 5.74) is 5.43. The van der Waals surface area contributed by atoms with Crippen molar-refractivity contribution in [3.63, 3.8) is 0 Å². The highest BCUT2D eigenvalue weighted by atomic mass is 28.4. The number of nitrogens with two attached hydrogens (primary N) is 1. The van der Waals surface area contributed by atoms with Crippen LogP contribution in [0.4, 0.5) is 0 Å². The molecule has 1 atom stereocenters. The predicted molar refractivity (Wildman–Crippen MR) is 80.8 cm³/mol. The summed E-state index contributed by atoms with van der Waals surface area (Å²) < 4.78 is 11.0. The Morgan fingerprint density at radius 2 is 1.39 bits per heavy atom. The second-order valence-electron chi connectivity index (χ2n) is 5.23. The zero-order valence-electron chi connectivity index (χ0n) is 12.7. The van der Waals surface area contributed by atoms with Gasteiger partial charge < -0.3 is 14.6 Å². The molecule has 0 aromatic rings. The first-order chi connectivity index (χ1) is 8.68. The van der Waals surface area contributed by atoms with Crippen LogP contribution in [0.25, 0.3) is 0 Å². The van der Waals surface area contributed by atoms with E-state index in [1.54, 1.807) is 7.11 Å². The van der Waals surface area contributed by atoms with E-state index in [0.29, 0.717) is 0 Å². The Kier molecular flexibility index (Phi) is 12.2. The summed E-state index contributed by atoms with van der Waals surface area (Å²) in [6, 6.07) is 1.07. The van der Waals surface area contributed by atoms with Crippen LogP contribution < -0.4 is 5.73 Å². The second kappa shape index (κ2) is 12.1. The van der Waals surface area contributed by atoms with Gasteiger partial charge in [0.05, 0.1) is 6.73 Å². The summed E-state index contributed by atoms with van der Waals surface area (Å²) in [7, 11) is -0.189. The van der Waals surface area contributed by atoms with Crippen LogP contribution >= 0.6 is 0 Å². The summed E-state index contributed by atoms with van der Waals surface area (Å²) >= 11 is 0. The van der Waals surface area contributed by atoms with Gasteiger partial charge in [-0.25, -0.2) is 0 Å². The van der Waals surface area contributed by atoms with Crippen LogP contribution in [0.15, 0.2) is 0 Å². The molecule has 0 aliphatic heterocycles. The molecular weight excluding hydrogens is 242 g/mol. The van der Waals surface area contributed by atoms with Gasteiger partial charge in [0, 0.05) is 7.11 Å². The molecule has 1 unspecified atom stereocenters. The topological polar surface area (TPSA) is 44.5 Å². The minimum absolute atomic E-state index is 0.286. The fourth-order valence-electron chi connectivity index (χ4n) is 2.17. The highest BCUT2D eigenvalue weighted by Gasteiger charge is 2.28. The zero-order chi connectivity index (χ0) is 13.7. The summed E-state index contributed by atoms with van der Waals surface area (Å²) in [5.74, 6) is 0. The molecule has 0 spiro atoms. The van der Waals surface area contributed by atoms with E-state index in [-0.39, 0.29) is 6.73 Å². The molecule has 18 heavy (non-hydrogen) atoms. The van der Waals surface area contributed by atoms with E-state index in [1.807, 2.05) is 0 Å². The van der Waals surface area contributed by atoms with Crippen molar-refractivity contribution >= 4 is 8.56 Å². The van der Waals surface area contributed by atoms with Crippen molar-refractivity contribution in [2.24, 2.45) is 5.73 Å². The first kappa shape index (κ1) is 18.1. The Bertz CT molecular complexity index is 181. The molecule has 0 saturated heterocycles. The molecule has 0 aliphatic rings. The van der Waals surface area contributed by atoms with E-state index in [2.05, 4.69) is 13.5 Å². The average molecular weight is 276 g/mol. The van der Waals surface area contributed by atoms with Crippen LogP contribution in [0.2, 0.25) is 12.6 Å². The average Bonchev–Trinajstić information content (AvgIpc) is 2.37. The fraction of sp³-hybridized carbons (Fsp3) is 1.00. The number of unbranched alkanes of at least 4 members (excludes halogenated alkanes) is 8. The van der Waals surface area contributed by atoms with Crippen molar-refractivity contribution in [2.45, 2.75) is 77.3 Å². The molecule has 0 aromatic heterocycles. The maximum Gasteiger partial charge on any atom is 0.335 e. The standard InChI is InChI=1S/C14H33NO2Si/c1-4-5-6-7-8-9-10-11-12-13-18(3,16-2)17-14-15/h4-15H2,1-3H3. The highest BCUT2D eigenvalue weighted by molar-refractivity contribution is 6.65. The van der Waals surface area contributed by atoms with Gasteiger partial charge in [0.25, 0.3) is 0 Å². The number of hydrogen-bond acceptors (Lipinski definition) is 3. The lowest BCUT2D eigenvalue weighted by Crippen LogP contribution is -2.39. The van der Waals surface area contributed by atoms with Gasteiger partial charge in [-0.2, -0.15) is 0 Å². The van der Waals surface area contributed by atoms with E-state index < -0.39 is 8.56 Å². The maximum absolute atomic E-state index is 5.55. The van der Waals surface area contributed by atoms with Crippen LogP contribution in [-0.4, -0.2) is 22.4 Å². The first-order valence-electron chi connectivity index (χ1n) is 7.57. The van der Waals surface area contributed by atoms with E-state index >= 15 is 0 Å². The van der Waals surface area contributed by atoms with Gasteiger partial charge in [0.15, 0.2) is 0 Å². The lowest BCUT2D eigenvalue weighted by Gasteiger charge is -2.24. The monoisotopic (exact) mass is 275 g/mol. The van der Waals surface area contributed by atoms with E-state index in [4.69, 9.17) is 14.6 Å². The van der Waals surface area contributed by atoms with Crippen molar-refractivity contribution in [3.8, 4) is 0 Å². The van der Waals surface area contributed by atoms with Crippen LogP contribution in [0.1, 0.15) is 64.7 Å². The number of hydrogen-bond donors (Lipinski definition) is 1. The number of rotatable bonds is 13. The van der Waals surface area contributed by atoms with E-state index in [9.17, 15) is 0 Å². The van der Waals surface area contributed by atoms with Crippen molar-refractivity contribution in [1.29, 1.82) is 0 Å². The van der Waals surface area contributed by atoms with Gasteiger partial charge in [-0.15, -0.1) is 0 Å². The Morgan fingerprint density at radius 3 is 1.83 bits per heavy atom. The lowest BCUT2D eigenvalue weighted by molar-refractivity contribution is 0.209. The molecule has 0 aliphatic carbocycles. The molecule has 110 valence electrons. The fourth-order valence-corrected chi connectivity index (χ4v) is 3.88. The Hall–Kier alpha value is 0.0969. The third-order valence-corrected chi connectivity index (χ3v) is 6.46. The smallest absolute Gasteiger partial charge is 0.335 e. The van der Waals surface area contributed by atoms with Gasteiger partial charge in [-0.05, 0) is 12.6 Å². The lowest BCUT2D eigenvalue weighted by atomic mass is 10.1. The van der Waals surface area contributed by atoms with Gasteiger partial charge in [-0.1, -0.05) is 64.7 Å². The van der Waals surface area contributed by atoms with Crippen LogP contribution in [0, 0.1) is 0 Å². The van der Waals surface area contributed by atoms with Crippen molar-refractivity contribution in [3.05, 3.63) is 0 Å². The summed E-state index contributed by atoms with van der Waals surface area (Å²) in [6.45, 7) is 4.65. The molecule has 0 fully saturated rings. The SMILES string of the molecule is CCCCCCCCCCC[Si](C)(OC)OCN. The molecule has 0 saturated carbocycles. The Morgan fingerprint density at radius 1 is 0.889 bits per heavy atom. The molecule has 0 aromatic carbocycles. The van der Waals surface area contributed by atoms with Gasteiger partial charge >= 0.3 is 8.56 Å². The van der Waals surface area contributed by atoms with Crippen molar-refractivity contribution in [1.82, 2.24) is 0 Å². The second-order valence-corrected chi connectivity index (χ2v) is 8.69. The largest absolute Gasteiger partial charge is 0.398 e. The molecular formula is C14H33NO2Si. The molecule has 0 radical (unpaired) electrons. The van der Waals surface area contributed by atoms with Gasteiger partial charge in [0.1, 0.15) is 0 Å². The summed E-state index contributed by atoms with van der Waals surface area (Å²) in [4.78, 5) is 0. The van der Waals surface area contributed by atoms with E-state index in [0.717, 1.165) is 6.04 Å². The molecule has 2 N–H and O–H groups in total. The molecule has 3 nitrogen and oxygen atoms in total. The molecule has 4 heteroatoms. The predicted octanol–water partition coefficient (Wildman–Crippen LogP) is 4.17. The highest BCUT2D eigenvalue weighted by Crippen LogP contribution is 2.18. The zero-order valence-corrected chi connectivity index (χ0v) is 13.7. The third kappa shape index (κ3) is 10.1. The third-order valence-electron chi connectivity index (χ3n) is 3.55. The van der Waals surface area contributed by atoms with Crippen molar-refractivity contribution < 1.29 is 8.85 Å². The molecule has 0 heterocycles. The van der Waals surface area contributed by atoms with Gasteiger partial charge in [0.2, 0.25) is 0 Å². The molecule has 0 amide bonds. The summed E-state index contributed by atoms with van der Waals surface area (Å²) in [6.07, 6.45) is 12.2. The quantitative estimate of drug-likeness (QED) is 0.312. The van der Waals surface area contributed by atoms with Crippen LogP contribution in [0.3, 0.4) is 0 Å². The Labute approximate surface area is 115 Å². The van der Waals surface area contributed by atoms with Crippen molar-refractivity contribution in [2.75, 3.05) is 13.8 Å². The Balaban J connectivity index is 3.33.